The van der Waals surface area contributed by atoms with Gasteiger partial charge in [0, 0.05) is 24.6 Å². The zero-order chi connectivity index (χ0) is 29.7. The maximum absolute atomic E-state index is 12.7. The molecule has 2 rings (SSSR count). The van der Waals surface area contributed by atoms with Gasteiger partial charge in [0.2, 0.25) is 5.91 Å². The largest absolute Gasteiger partial charge is 0.481 e. The highest BCUT2D eigenvalue weighted by atomic mass is 16.5. The minimum absolute atomic E-state index is 0.00807. The molecule has 1 amide bonds. The Balaban J connectivity index is 2.08. The second kappa shape index (κ2) is 15.8. The first kappa shape index (κ1) is 32.5. The number of aliphatic carboxylic acids is 1. The van der Waals surface area contributed by atoms with Gasteiger partial charge in [0.1, 0.15) is 5.75 Å². The summed E-state index contributed by atoms with van der Waals surface area (Å²) in [4.78, 5) is 35.6. The quantitative estimate of drug-likeness (QED) is 0.112. The Labute approximate surface area is 239 Å². The standard InChI is InChI=1S/C34H45NO5/c1-7-11-33(39)40-28-18-20-30(27(23-28)15-9-16-32(37)38)35-31(36)22-25(3)13-8-12-24(2)17-19-29-26(4)14-10-21-34(29,5)6/h8,12-13,17-20,22-23H,7,9-11,14-16,21H2,1-6H3,(H,35,36)(H,37,38). The molecule has 216 valence electrons. The number of nitrogens with one attached hydrogen (secondary N) is 1. The molecule has 0 aromatic heterocycles. The lowest BCUT2D eigenvalue weighted by atomic mass is 9.72. The van der Waals surface area contributed by atoms with Crippen molar-refractivity contribution in [1.29, 1.82) is 0 Å². The van der Waals surface area contributed by atoms with E-state index in [1.54, 1.807) is 18.2 Å². The maximum atomic E-state index is 12.7. The van der Waals surface area contributed by atoms with Crippen molar-refractivity contribution in [2.24, 2.45) is 5.41 Å². The van der Waals surface area contributed by atoms with E-state index in [0.29, 0.717) is 37.1 Å². The van der Waals surface area contributed by atoms with Crippen LogP contribution in [-0.4, -0.2) is 23.0 Å². The maximum Gasteiger partial charge on any atom is 0.311 e. The number of ether oxygens (including phenoxy) is 1. The van der Waals surface area contributed by atoms with Crippen molar-refractivity contribution in [2.75, 3.05) is 5.32 Å². The molecule has 1 aliphatic rings. The second-order valence-electron chi connectivity index (χ2n) is 11.2. The van der Waals surface area contributed by atoms with Gasteiger partial charge < -0.3 is 15.2 Å². The summed E-state index contributed by atoms with van der Waals surface area (Å²) in [5.41, 5.74) is 6.30. The molecule has 0 aliphatic heterocycles. The fourth-order valence-corrected chi connectivity index (χ4v) is 4.84. The van der Waals surface area contributed by atoms with Crippen LogP contribution in [0.3, 0.4) is 0 Å². The molecule has 0 fully saturated rings. The summed E-state index contributed by atoms with van der Waals surface area (Å²) in [6.07, 6.45) is 17.2. The number of hydrogen-bond donors (Lipinski definition) is 2. The normalized spacial score (nSPS) is 16.1. The number of allylic oxidation sites excluding steroid dienone is 9. The van der Waals surface area contributed by atoms with Gasteiger partial charge >= 0.3 is 11.9 Å². The number of carbonyl (C=O) groups is 3. The van der Waals surface area contributed by atoms with Crippen molar-refractivity contribution >= 4 is 23.5 Å². The molecule has 6 heteroatoms. The number of esters is 1. The molecule has 0 radical (unpaired) electrons. The number of carbonyl (C=O) groups excluding carboxylic acids is 2. The van der Waals surface area contributed by atoms with Gasteiger partial charge in [-0.3, -0.25) is 14.4 Å². The van der Waals surface area contributed by atoms with Gasteiger partial charge in [-0.2, -0.15) is 0 Å². The number of carboxylic acids is 1. The zero-order valence-electron chi connectivity index (χ0n) is 24.9. The average Bonchev–Trinajstić information content (AvgIpc) is 2.84. The van der Waals surface area contributed by atoms with Crippen molar-refractivity contribution in [1.82, 2.24) is 0 Å². The molecule has 0 saturated carbocycles. The van der Waals surface area contributed by atoms with E-state index in [0.717, 1.165) is 23.1 Å². The highest BCUT2D eigenvalue weighted by Crippen LogP contribution is 2.40. The molecule has 6 nitrogen and oxygen atoms in total. The van der Waals surface area contributed by atoms with Crippen molar-refractivity contribution < 1.29 is 24.2 Å². The zero-order valence-corrected chi connectivity index (χ0v) is 24.9. The number of benzene rings is 1. The number of amides is 1. The van der Waals surface area contributed by atoms with Crippen LogP contribution in [0.4, 0.5) is 5.69 Å². The number of anilines is 1. The lowest BCUT2D eigenvalue weighted by Gasteiger charge is -2.32. The highest BCUT2D eigenvalue weighted by Gasteiger charge is 2.26. The molecule has 0 heterocycles. The summed E-state index contributed by atoms with van der Waals surface area (Å²) >= 11 is 0. The average molecular weight is 548 g/mol. The van der Waals surface area contributed by atoms with Crippen LogP contribution in [0.5, 0.6) is 5.75 Å². The van der Waals surface area contributed by atoms with Gasteiger partial charge in [-0.25, -0.2) is 0 Å². The minimum atomic E-state index is -0.883. The van der Waals surface area contributed by atoms with Gasteiger partial charge in [0.15, 0.2) is 0 Å². The molecule has 1 aliphatic carbocycles. The molecule has 0 bridgehead atoms. The fourth-order valence-electron chi connectivity index (χ4n) is 4.84. The molecular formula is C34H45NO5. The van der Waals surface area contributed by atoms with Crippen LogP contribution in [0, 0.1) is 5.41 Å². The van der Waals surface area contributed by atoms with E-state index in [-0.39, 0.29) is 23.7 Å². The van der Waals surface area contributed by atoms with E-state index < -0.39 is 5.97 Å². The Hall–Kier alpha value is -3.67. The van der Waals surface area contributed by atoms with E-state index in [2.05, 4.69) is 45.2 Å². The van der Waals surface area contributed by atoms with Gasteiger partial charge in [-0.05, 0) is 99.6 Å². The van der Waals surface area contributed by atoms with Crippen molar-refractivity contribution in [3.05, 3.63) is 82.5 Å². The van der Waals surface area contributed by atoms with E-state index in [1.165, 1.54) is 30.1 Å². The summed E-state index contributed by atoms with van der Waals surface area (Å²) in [6.45, 7) is 12.7. The van der Waals surface area contributed by atoms with Crippen LogP contribution in [0.2, 0.25) is 0 Å². The minimum Gasteiger partial charge on any atom is -0.481 e. The van der Waals surface area contributed by atoms with Crippen LogP contribution in [0.25, 0.3) is 0 Å². The summed E-state index contributed by atoms with van der Waals surface area (Å²) in [7, 11) is 0. The Bertz CT molecular complexity index is 1230. The highest BCUT2D eigenvalue weighted by molar-refractivity contribution is 6.00. The first-order valence-electron chi connectivity index (χ1n) is 14.2. The van der Waals surface area contributed by atoms with E-state index in [1.807, 2.05) is 32.1 Å². The Morgan fingerprint density at radius 1 is 1.10 bits per heavy atom. The van der Waals surface area contributed by atoms with E-state index in [4.69, 9.17) is 9.84 Å². The molecule has 40 heavy (non-hydrogen) atoms. The number of hydrogen-bond acceptors (Lipinski definition) is 4. The molecular weight excluding hydrogens is 502 g/mol. The summed E-state index contributed by atoms with van der Waals surface area (Å²) < 4.78 is 5.38. The third-order valence-corrected chi connectivity index (χ3v) is 6.99. The number of carboxylic acid groups (broad SMARTS) is 1. The molecule has 0 unspecified atom stereocenters. The van der Waals surface area contributed by atoms with Gasteiger partial charge in [-0.1, -0.05) is 62.3 Å². The van der Waals surface area contributed by atoms with Gasteiger partial charge in [0.05, 0.1) is 0 Å². The molecule has 2 N–H and O–H groups in total. The van der Waals surface area contributed by atoms with Gasteiger partial charge in [0.25, 0.3) is 0 Å². The fraction of sp³-hybridized carbons (Fsp3) is 0.441. The first-order valence-corrected chi connectivity index (χ1v) is 14.2. The van der Waals surface area contributed by atoms with Crippen molar-refractivity contribution in [2.45, 2.75) is 92.9 Å². The monoisotopic (exact) mass is 547 g/mol. The van der Waals surface area contributed by atoms with Crippen molar-refractivity contribution in [3.63, 3.8) is 0 Å². The Morgan fingerprint density at radius 3 is 2.52 bits per heavy atom. The third-order valence-electron chi connectivity index (χ3n) is 6.99. The SMILES string of the molecule is CCCC(=O)Oc1ccc(NC(=O)C=C(C)C=CC=C(C)C=CC2=C(C)CCCC2(C)C)c(CCCC(=O)O)c1. The summed E-state index contributed by atoms with van der Waals surface area (Å²) in [5, 5.41) is 11.9. The summed E-state index contributed by atoms with van der Waals surface area (Å²) in [5.74, 6) is -1.12. The van der Waals surface area contributed by atoms with Crippen LogP contribution >= 0.6 is 0 Å². The number of rotatable bonds is 13. The third kappa shape index (κ3) is 11.2. The Kier molecular flexibility index (Phi) is 12.9. The van der Waals surface area contributed by atoms with Gasteiger partial charge in [-0.15, -0.1) is 0 Å². The first-order chi connectivity index (χ1) is 18.9. The van der Waals surface area contributed by atoms with Crippen LogP contribution in [0.15, 0.2) is 76.9 Å². The van der Waals surface area contributed by atoms with Crippen LogP contribution in [0.1, 0.15) is 92.1 Å². The molecule has 0 saturated heterocycles. The number of aryl methyl sites for hydroxylation is 1. The summed E-state index contributed by atoms with van der Waals surface area (Å²) in [6, 6.07) is 5.01. The molecule has 1 aromatic rings. The van der Waals surface area contributed by atoms with E-state index >= 15 is 0 Å². The lowest BCUT2D eigenvalue weighted by molar-refractivity contribution is -0.137. The van der Waals surface area contributed by atoms with Crippen LogP contribution in [-0.2, 0) is 20.8 Å². The topological polar surface area (TPSA) is 92.7 Å². The molecule has 1 aromatic carbocycles. The van der Waals surface area contributed by atoms with Crippen LogP contribution < -0.4 is 10.1 Å². The molecule has 0 spiro atoms. The second-order valence-corrected chi connectivity index (χ2v) is 11.2. The lowest BCUT2D eigenvalue weighted by Crippen LogP contribution is -2.19. The predicted molar refractivity (Wildman–Crippen MR) is 162 cm³/mol. The predicted octanol–water partition coefficient (Wildman–Crippen LogP) is 8.27. The van der Waals surface area contributed by atoms with E-state index in [9.17, 15) is 14.4 Å². The Morgan fingerprint density at radius 2 is 1.85 bits per heavy atom. The smallest absolute Gasteiger partial charge is 0.311 e. The molecule has 0 atom stereocenters. The van der Waals surface area contributed by atoms with Crippen molar-refractivity contribution in [3.8, 4) is 5.75 Å².